The molecule has 0 aliphatic heterocycles. The molecule has 3 nitrogen and oxygen atoms in total. The standard InChI is InChI=1S/C14H13FN2O/c1-9(18)14(6-7-14)12-8-16-17-13(12)10-2-4-11(15)5-3-10/h2-5,8H,6-7H2,1H3,(H,16,17). The fraction of sp³-hybridized carbons (Fsp3) is 0.286. The number of benzene rings is 1. The van der Waals surface area contributed by atoms with Gasteiger partial charge in [-0.1, -0.05) is 0 Å². The van der Waals surface area contributed by atoms with Crippen LogP contribution in [0.15, 0.2) is 30.5 Å². The molecule has 0 atom stereocenters. The number of hydrogen-bond donors (Lipinski definition) is 1. The van der Waals surface area contributed by atoms with Gasteiger partial charge in [-0.05, 0) is 44.0 Å². The summed E-state index contributed by atoms with van der Waals surface area (Å²) in [5, 5.41) is 6.96. The van der Waals surface area contributed by atoms with Gasteiger partial charge in [-0.15, -0.1) is 0 Å². The van der Waals surface area contributed by atoms with Crippen molar-refractivity contribution in [3.63, 3.8) is 0 Å². The van der Waals surface area contributed by atoms with E-state index < -0.39 is 0 Å². The third kappa shape index (κ3) is 1.56. The number of ketones is 1. The third-order valence-corrected chi connectivity index (χ3v) is 3.71. The van der Waals surface area contributed by atoms with E-state index in [-0.39, 0.29) is 17.0 Å². The molecule has 1 aromatic heterocycles. The molecule has 1 heterocycles. The van der Waals surface area contributed by atoms with Gasteiger partial charge in [0.15, 0.2) is 0 Å². The fourth-order valence-electron chi connectivity index (χ4n) is 2.42. The van der Waals surface area contributed by atoms with Crippen LogP contribution < -0.4 is 0 Å². The highest BCUT2D eigenvalue weighted by molar-refractivity contribution is 5.93. The van der Waals surface area contributed by atoms with Crippen molar-refractivity contribution in [3.05, 3.63) is 41.8 Å². The zero-order chi connectivity index (χ0) is 12.8. The topological polar surface area (TPSA) is 45.8 Å². The monoisotopic (exact) mass is 244 g/mol. The van der Waals surface area contributed by atoms with Crippen molar-refractivity contribution in [2.45, 2.75) is 25.2 Å². The summed E-state index contributed by atoms with van der Waals surface area (Å²) in [5.41, 5.74) is 2.25. The van der Waals surface area contributed by atoms with E-state index in [9.17, 15) is 9.18 Å². The highest BCUT2D eigenvalue weighted by Crippen LogP contribution is 2.51. The molecule has 0 unspecified atom stereocenters. The van der Waals surface area contributed by atoms with Crippen molar-refractivity contribution < 1.29 is 9.18 Å². The van der Waals surface area contributed by atoms with E-state index in [0.717, 1.165) is 29.7 Å². The first kappa shape index (κ1) is 11.1. The van der Waals surface area contributed by atoms with Gasteiger partial charge >= 0.3 is 0 Å². The van der Waals surface area contributed by atoms with Gasteiger partial charge in [-0.3, -0.25) is 9.89 Å². The van der Waals surface area contributed by atoms with E-state index in [1.165, 1.54) is 12.1 Å². The minimum absolute atomic E-state index is 0.173. The Balaban J connectivity index is 2.07. The molecule has 3 rings (SSSR count). The van der Waals surface area contributed by atoms with Crippen molar-refractivity contribution in [1.82, 2.24) is 10.2 Å². The van der Waals surface area contributed by atoms with Crippen LogP contribution in [-0.4, -0.2) is 16.0 Å². The quantitative estimate of drug-likeness (QED) is 0.902. The Kier molecular flexibility index (Phi) is 2.33. The number of aromatic nitrogens is 2. The molecule has 18 heavy (non-hydrogen) atoms. The summed E-state index contributed by atoms with van der Waals surface area (Å²) in [7, 11) is 0. The minimum atomic E-state index is -0.364. The van der Waals surface area contributed by atoms with Crippen LogP contribution in [0.4, 0.5) is 4.39 Å². The number of rotatable bonds is 3. The van der Waals surface area contributed by atoms with Gasteiger partial charge < -0.3 is 0 Å². The summed E-state index contributed by atoms with van der Waals surface area (Å²) in [6, 6.07) is 6.21. The van der Waals surface area contributed by atoms with E-state index in [1.807, 2.05) is 0 Å². The molecule has 0 spiro atoms. The lowest BCUT2D eigenvalue weighted by atomic mass is 9.90. The Bertz CT molecular complexity index is 597. The summed E-state index contributed by atoms with van der Waals surface area (Å²) < 4.78 is 12.9. The van der Waals surface area contributed by atoms with Crippen molar-refractivity contribution in [1.29, 1.82) is 0 Å². The lowest BCUT2D eigenvalue weighted by molar-refractivity contribution is -0.119. The molecule has 1 saturated carbocycles. The smallest absolute Gasteiger partial charge is 0.140 e. The predicted octanol–water partition coefficient (Wildman–Crippen LogP) is 2.84. The number of carbonyl (C=O) groups excluding carboxylic acids is 1. The van der Waals surface area contributed by atoms with E-state index in [0.29, 0.717) is 0 Å². The molecular formula is C14H13FN2O. The van der Waals surface area contributed by atoms with Gasteiger partial charge in [0.25, 0.3) is 0 Å². The second kappa shape index (κ2) is 3.77. The van der Waals surface area contributed by atoms with Crippen LogP contribution in [0.5, 0.6) is 0 Å². The number of hydrogen-bond acceptors (Lipinski definition) is 2. The summed E-state index contributed by atoms with van der Waals surface area (Å²) >= 11 is 0. The first-order valence-electron chi connectivity index (χ1n) is 5.94. The number of carbonyl (C=O) groups is 1. The van der Waals surface area contributed by atoms with Crippen LogP contribution in [0, 0.1) is 5.82 Å². The molecule has 1 fully saturated rings. The Morgan fingerprint density at radius 2 is 2.00 bits per heavy atom. The van der Waals surface area contributed by atoms with Crippen LogP contribution in [0.25, 0.3) is 11.3 Å². The maximum atomic E-state index is 12.9. The second-order valence-corrected chi connectivity index (χ2v) is 4.80. The van der Waals surface area contributed by atoms with Gasteiger partial charge in [-0.25, -0.2) is 4.39 Å². The van der Waals surface area contributed by atoms with Crippen LogP contribution in [0.2, 0.25) is 0 Å². The molecule has 0 bridgehead atoms. The normalized spacial score (nSPS) is 16.6. The molecular weight excluding hydrogens is 231 g/mol. The zero-order valence-corrected chi connectivity index (χ0v) is 10.0. The highest BCUT2D eigenvalue weighted by Gasteiger charge is 2.50. The van der Waals surface area contributed by atoms with E-state index in [2.05, 4.69) is 10.2 Å². The molecule has 0 amide bonds. The lowest BCUT2D eigenvalue weighted by Crippen LogP contribution is -2.17. The number of H-pyrrole nitrogens is 1. The van der Waals surface area contributed by atoms with Gasteiger partial charge in [0.05, 0.1) is 17.3 Å². The Labute approximate surface area is 104 Å². The van der Waals surface area contributed by atoms with E-state index in [4.69, 9.17) is 0 Å². The molecule has 0 radical (unpaired) electrons. The maximum Gasteiger partial charge on any atom is 0.140 e. The second-order valence-electron chi connectivity index (χ2n) is 4.80. The number of aromatic amines is 1. The average Bonchev–Trinajstić information content (AvgIpc) is 3.03. The summed E-state index contributed by atoms with van der Waals surface area (Å²) in [6.07, 6.45) is 3.46. The zero-order valence-electron chi connectivity index (χ0n) is 10.0. The number of nitrogens with one attached hydrogen (secondary N) is 1. The minimum Gasteiger partial charge on any atom is -0.299 e. The molecule has 0 saturated heterocycles. The van der Waals surface area contributed by atoms with E-state index >= 15 is 0 Å². The van der Waals surface area contributed by atoms with Gasteiger partial charge in [0, 0.05) is 11.1 Å². The first-order chi connectivity index (χ1) is 8.63. The molecule has 1 aliphatic carbocycles. The summed E-state index contributed by atoms with van der Waals surface area (Å²) in [5.74, 6) is -0.0974. The number of halogens is 1. The van der Waals surface area contributed by atoms with Crippen LogP contribution in [-0.2, 0) is 10.2 Å². The van der Waals surface area contributed by atoms with Crippen LogP contribution in [0.3, 0.4) is 0 Å². The maximum absolute atomic E-state index is 12.9. The molecule has 1 aliphatic rings. The SMILES string of the molecule is CC(=O)C1(c2cn[nH]c2-c2ccc(F)cc2)CC1. The molecule has 4 heteroatoms. The van der Waals surface area contributed by atoms with Gasteiger partial charge in [0.1, 0.15) is 11.6 Å². The molecule has 1 aromatic carbocycles. The summed E-state index contributed by atoms with van der Waals surface area (Å²) in [6.45, 7) is 1.62. The van der Waals surface area contributed by atoms with Crippen LogP contribution >= 0.6 is 0 Å². The Morgan fingerprint density at radius 1 is 1.33 bits per heavy atom. The lowest BCUT2D eigenvalue weighted by Gasteiger charge is -2.11. The van der Waals surface area contributed by atoms with Crippen molar-refractivity contribution in [3.8, 4) is 11.3 Å². The summed E-state index contributed by atoms with van der Waals surface area (Å²) in [4.78, 5) is 11.8. The third-order valence-electron chi connectivity index (χ3n) is 3.71. The largest absolute Gasteiger partial charge is 0.299 e. The van der Waals surface area contributed by atoms with Crippen molar-refractivity contribution in [2.75, 3.05) is 0 Å². The first-order valence-corrected chi connectivity index (χ1v) is 5.94. The average molecular weight is 244 g/mol. The molecule has 2 aromatic rings. The number of Topliss-reactive ketones (excluding diaryl/α,β-unsaturated/α-hetero) is 1. The van der Waals surface area contributed by atoms with Crippen LogP contribution in [0.1, 0.15) is 25.3 Å². The molecule has 92 valence electrons. The van der Waals surface area contributed by atoms with E-state index in [1.54, 1.807) is 25.3 Å². The fourth-order valence-corrected chi connectivity index (χ4v) is 2.42. The van der Waals surface area contributed by atoms with Gasteiger partial charge in [0.2, 0.25) is 0 Å². The van der Waals surface area contributed by atoms with Gasteiger partial charge in [-0.2, -0.15) is 5.10 Å². The predicted molar refractivity (Wildman–Crippen MR) is 65.6 cm³/mol. The number of nitrogens with zero attached hydrogens (tertiary/aromatic N) is 1. The highest BCUT2D eigenvalue weighted by atomic mass is 19.1. The Hall–Kier alpha value is -1.97. The molecule has 1 N–H and O–H groups in total. The van der Waals surface area contributed by atoms with Crippen molar-refractivity contribution in [2.24, 2.45) is 0 Å². The van der Waals surface area contributed by atoms with Crippen molar-refractivity contribution >= 4 is 5.78 Å². The Morgan fingerprint density at radius 3 is 2.56 bits per heavy atom.